The predicted molar refractivity (Wildman–Crippen MR) is 50.5 cm³/mol. The molecule has 1 unspecified atom stereocenters. The second-order valence-electron chi connectivity index (χ2n) is 2.90. The van der Waals surface area contributed by atoms with E-state index < -0.39 is 7.60 Å². The Labute approximate surface area is 113 Å². The molecule has 0 aliphatic heterocycles. The van der Waals surface area contributed by atoms with Gasteiger partial charge in [-0.15, -0.1) is 0 Å². The van der Waals surface area contributed by atoms with Crippen LogP contribution in [0.2, 0.25) is 0 Å². The quantitative estimate of drug-likeness (QED) is 0.503. The van der Waals surface area contributed by atoms with Crippen LogP contribution in [0.1, 0.15) is 39.5 Å². The van der Waals surface area contributed by atoms with Gasteiger partial charge in [0.1, 0.15) is 0 Å². The van der Waals surface area contributed by atoms with Crippen molar-refractivity contribution in [3.8, 4) is 0 Å². The van der Waals surface area contributed by atoms with E-state index in [9.17, 15) is 9.46 Å². The number of hydrogen-bond acceptors (Lipinski definition) is 2. The fourth-order valence-electron chi connectivity index (χ4n) is 0.774. The second-order valence-corrected chi connectivity index (χ2v) is 4.88. The normalized spacial score (nSPS) is 14.7. The van der Waals surface area contributed by atoms with Crippen molar-refractivity contribution in [1.82, 2.24) is 0 Å². The van der Waals surface area contributed by atoms with Crippen molar-refractivity contribution in [2.45, 2.75) is 39.5 Å². The Hall–Kier alpha value is 1.47. The van der Waals surface area contributed by atoms with E-state index in [-0.39, 0.29) is 39.9 Å². The molecular weight excluding hydrogens is 407 g/mol. The van der Waals surface area contributed by atoms with Crippen LogP contribution in [0.15, 0.2) is 0 Å². The molecule has 0 aliphatic rings. The average Bonchev–Trinajstić information content (AvgIpc) is 2.01. The van der Waals surface area contributed by atoms with Crippen molar-refractivity contribution >= 4 is 7.60 Å². The average molecular weight is 426 g/mol. The summed E-state index contributed by atoms with van der Waals surface area (Å²) in [5, 5.41) is 0. The zero-order valence-corrected chi connectivity index (χ0v) is 13.5. The smallest absolute Gasteiger partial charge is 0.324 e. The summed E-state index contributed by atoms with van der Waals surface area (Å²) in [6.45, 7) is 4.43. The van der Waals surface area contributed by atoms with Crippen molar-refractivity contribution in [1.29, 1.82) is 0 Å². The van der Waals surface area contributed by atoms with Crippen molar-refractivity contribution in [3.63, 3.8) is 0 Å². The fourth-order valence-corrected chi connectivity index (χ4v) is 2.03. The van der Waals surface area contributed by atoms with Crippen LogP contribution in [0.25, 0.3) is 0 Å². The Balaban J connectivity index is 0. The van der Waals surface area contributed by atoms with Crippen molar-refractivity contribution in [2.24, 2.45) is 0 Å². The minimum Gasteiger partial charge on any atom is -0.324 e. The van der Waals surface area contributed by atoms with Gasteiger partial charge in [0.25, 0.3) is 0 Å². The van der Waals surface area contributed by atoms with Gasteiger partial charge in [-0.3, -0.25) is 4.57 Å². The summed E-state index contributed by atoms with van der Waals surface area (Å²) in [7, 11) is -3.24. The number of hydrogen-bond donors (Lipinski definition) is 1. The third-order valence-electron chi connectivity index (χ3n) is 1.59. The molecule has 0 bridgehead atoms. The first-order valence-electron chi connectivity index (χ1n) is 4.58. The summed E-state index contributed by atoms with van der Waals surface area (Å²) in [5.41, 5.74) is 0. The monoisotopic (exact) mass is 426 g/mol. The minimum atomic E-state index is -3.24. The zero-order valence-electron chi connectivity index (χ0n) is 8.45. The van der Waals surface area contributed by atoms with Gasteiger partial charge in [0.05, 0.1) is 6.61 Å². The van der Waals surface area contributed by atoms with Crippen LogP contribution >= 0.6 is 7.60 Å². The van der Waals surface area contributed by atoms with E-state index >= 15 is 0 Å². The van der Waals surface area contributed by atoms with Gasteiger partial charge in [-0.25, -0.2) is 0 Å². The third-order valence-corrected chi connectivity index (χ3v) is 3.05. The molecule has 0 radical (unpaired) electrons. The molecule has 0 saturated heterocycles. The van der Waals surface area contributed by atoms with E-state index in [1.807, 2.05) is 13.8 Å². The van der Waals surface area contributed by atoms with Gasteiger partial charge in [-0.05, 0) is 12.8 Å². The van der Waals surface area contributed by atoms with Gasteiger partial charge in [0.2, 0.25) is 0 Å². The van der Waals surface area contributed by atoms with Crippen LogP contribution in [0.5, 0.6) is 0 Å². The van der Waals surface area contributed by atoms with Gasteiger partial charge < -0.3 is 9.42 Å². The molecule has 78 valence electrons. The molecular formula is C8H19O3PTh. The second kappa shape index (κ2) is 10.0. The van der Waals surface area contributed by atoms with E-state index in [0.29, 0.717) is 12.8 Å². The third kappa shape index (κ3) is 11.4. The van der Waals surface area contributed by atoms with E-state index in [1.54, 1.807) is 0 Å². The topological polar surface area (TPSA) is 46.5 Å². The zero-order chi connectivity index (χ0) is 9.45. The predicted octanol–water partition coefficient (Wildman–Crippen LogP) is 2.79. The maximum absolute atomic E-state index is 11.2. The summed E-state index contributed by atoms with van der Waals surface area (Å²) in [6.07, 6.45) is 3.85. The Kier molecular flexibility index (Phi) is 13.0. The van der Waals surface area contributed by atoms with Gasteiger partial charge >= 0.3 is 7.60 Å². The summed E-state index contributed by atoms with van der Waals surface area (Å²) in [5.74, 6) is 0. The Morgan fingerprint density at radius 2 is 1.77 bits per heavy atom. The van der Waals surface area contributed by atoms with Crippen LogP contribution in [0.3, 0.4) is 0 Å². The molecule has 1 atom stereocenters. The Bertz CT molecular complexity index is 152. The van der Waals surface area contributed by atoms with Crippen LogP contribution in [0.4, 0.5) is 0 Å². The molecule has 0 fully saturated rings. The Morgan fingerprint density at radius 1 is 1.23 bits per heavy atom. The molecule has 5 heteroatoms. The van der Waals surface area contributed by atoms with Crippen LogP contribution in [0, 0.1) is 39.9 Å². The Morgan fingerprint density at radius 3 is 2.23 bits per heavy atom. The van der Waals surface area contributed by atoms with Gasteiger partial charge in [-0.2, -0.15) is 0 Å². The number of rotatable bonds is 7. The van der Waals surface area contributed by atoms with E-state index in [2.05, 4.69) is 0 Å². The summed E-state index contributed by atoms with van der Waals surface area (Å²) >= 11 is 0. The molecule has 0 aliphatic carbocycles. The minimum absolute atomic E-state index is 0. The van der Waals surface area contributed by atoms with E-state index in [0.717, 1.165) is 25.7 Å². The molecule has 0 aromatic carbocycles. The first-order chi connectivity index (χ1) is 5.62. The van der Waals surface area contributed by atoms with Gasteiger partial charge in [0, 0.05) is 46.1 Å². The van der Waals surface area contributed by atoms with E-state index in [4.69, 9.17) is 4.52 Å². The molecule has 0 saturated carbocycles. The van der Waals surface area contributed by atoms with E-state index in [1.165, 1.54) is 0 Å². The van der Waals surface area contributed by atoms with Crippen molar-refractivity contribution in [3.05, 3.63) is 0 Å². The van der Waals surface area contributed by atoms with Gasteiger partial charge in [-0.1, -0.05) is 26.7 Å². The maximum atomic E-state index is 11.2. The summed E-state index contributed by atoms with van der Waals surface area (Å²) in [6, 6.07) is 0. The molecule has 0 aromatic rings. The molecule has 0 rings (SSSR count). The SMILES string of the molecule is CCCCOP(=O)(O)CCCC.[Th]. The van der Waals surface area contributed by atoms with Crippen LogP contribution in [-0.2, 0) is 9.09 Å². The van der Waals surface area contributed by atoms with Gasteiger partial charge in [0.15, 0.2) is 0 Å². The molecule has 1 N–H and O–H groups in total. The molecule has 0 amide bonds. The number of unbranched alkanes of at least 4 members (excludes halogenated alkanes) is 2. The fraction of sp³-hybridized carbons (Fsp3) is 1.00. The van der Waals surface area contributed by atoms with Crippen molar-refractivity contribution < 1.29 is 53.9 Å². The summed E-state index contributed by atoms with van der Waals surface area (Å²) < 4.78 is 16.1. The molecule has 0 heterocycles. The van der Waals surface area contributed by atoms with Crippen LogP contribution < -0.4 is 0 Å². The first-order valence-corrected chi connectivity index (χ1v) is 6.35. The molecule has 0 spiro atoms. The summed E-state index contributed by atoms with van der Waals surface area (Å²) in [4.78, 5) is 9.21. The maximum Gasteiger partial charge on any atom is 0.328 e. The molecule has 3 nitrogen and oxygen atoms in total. The largest absolute Gasteiger partial charge is 0.328 e. The molecule has 0 aromatic heterocycles. The van der Waals surface area contributed by atoms with Crippen molar-refractivity contribution in [2.75, 3.05) is 12.8 Å². The first kappa shape index (κ1) is 16.9. The molecule has 13 heavy (non-hydrogen) atoms. The van der Waals surface area contributed by atoms with Crippen LogP contribution in [-0.4, -0.2) is 17.7 Å². The standard InChI is InChI=1S/C8H19O3P.Th/c1-3-5-7-11-12(9,10)8-6-4-2;/h3-8H2,1-2H3,(H,9,10);.